The van der Waals surface area contributed by atoms with Gasteiger partial charge in [-0.15, -0.1) is 0 Å². The molecule has 0 fully saturated rings. The van der Waals surface area contributed by atoms with E-state index in [-0.39, 0.29) is 80.1 Å². The van der Waals surface area contributed by atoms with Gasteiger partial charge in [0.1, 0.15) is 0 Å². The molecule has 0 aliphatic heterocycles. The van der Waals surface area contributed by atoms with Gasteiger partial charge in [0, 0.05) is 0 Å². The predicted molar refractivity (Wildman–Crippen MR) is 36.9 cm³/mol. The SMILES string of the molecule is O=C(O)[C@H](O)[C@@H](O)C(=O)O.[H-].[K+].[PbH2]. The average Bonchev–Trinajstić information content (AvgIpc) is 1.84. The van der Waals surface area contributed by atoms with E-state index in [1.165, 1.54) is 0 Å². The number of aliphatic carboxylic acids is 2. The number of carboxylic acids is 2. The van der Waals surface area contributed by atoms with Crippen LogP contribution in [0.3, 0.4) is 0 Å². The quantitative estimate of drug-likeness (QED) is 0.352. The molecule has 4 N–H and O–H groups in total. The molecule has 0 unspecified atom stereocenters. The monoisotopic (exact) mass is 400 g/mol. The molecule has 0 aliphatic carbocycles. The van der Waals surface area contributed by atoms with Crippen LogP contribution in [0.5, 0.6) is 0 Å². The zero-order chi connectivity index (χ0) is 8.31. The summed E-state index contributed by atoms with van der Waals surface area (Å²) in [6, 6.07) is 0. The number of aliphatic hydroxyl groups is 2. The van der Waals surface area contributed by atoms with Crippen LogP contribution in [0.25, 0.3) is 0 Å². The zero-order valence-electron chi connectivity index (χ0n) is 7.47. The van der Waals surface area contributed by atoms with Gasteiger partial charge in [0.2, 0.25) is 0 Å². The number of carbonyl (C=O) groups is 2. The van der Waals surface area contributed by atoms with Crippen LogP contribution in [0.4, 0.5) is 0 Å². The number of rotatable bonds is 3. The molecule has 0 amide bonds. The Morgan fingerprint density at radius 1 is 1.00 bits per heavy atom. The van der Waals surface area contributed by atoms with Gasteiger partial charge in [-0.1, -0.05) is 0 Å². The van der Waals surface area contributed by atoms with Crippen molar-refractivity contribution in [2.24, 2.45) is 0 Å². The fourth-order valence-electron chi connectivity index (χ4n) is 0.270. The van der Waals surface area contributed by atoms with Gasteiger partial charge in [-0.2, -0.15) is 0 Å². The van der Waals surface area contributed by atoms with E-state index < -0.39 is 24.1 Å². The zero-order valence-corrected chi connectivity index (χ0v) is 15.1. The Morgan fingerprint density at radius 3 is 1.25 bits per heavy atom. The Morgan fingerprint density at radius 2 is 1.17 bits per heavy atom. The second kappa shape index (κ2) is 8.99. The minimum absolute atomic E-state index is 0. The molecular formula is C4H9KO6Pb. The van der Waals surface area contributed by atoms with E-state index in [0.717, 1.165) is 0 Å². The minimum atomic E-state index is -2.27. The van der Waals surface area contributed by atoms with Gasteiger partial charge in [0.15, 0.2) is 12.2 Å². The summed E-state index contributed by atoms with van der Waals surface area (Å²) in [4.78, 5) is 19.5. The molecular weight excluding hydrogens is 390 g/mol. The normalized spacial score (nSPS) is 13.2. The van der Waals surface area contributed by atoms with Crippen molar-refractivity contribution in [1.29, 1.82) is 0 Å². The molecule has 6 nitrogen and oxygen atoms in total. The van der Waals surface area contributed by atoms with Gasteiger partial charge in [-0.25, -0.2) is 9.59 Å². The van der Waals surface area contributed by atoms with Crippen molar-refractivity contribution < 1.29 is 82.8 Å². The number of aliphatic hydroxyl groups excluding tert-OH is 2. The Kier molecular flexibility index (Phi) is 14.3. The van der Waals surface area contributed by atoms with E-state index in [1.807, 2.05) is 0 Å². The van der Waals surface area contributed by atoms with E-state index in [1.54, 1.807) is 0 Å². The second-order valence-electron chi connectivity index (χ2n) is 1.57. The molecule has 0 heterocycles. The van der Waals surface area contributed by atoms with Gasteiger partial charge in [-0.05, 0) is 0 Å². The standard InChI is InChI=1S/C4H6O6.K.Pb.3H/c5-1(3(7)8)2(6)4(9)10;;;;;/h1-2,5-6H,(H,7,8)(H,9,10);;;;;/q;+1;;;;-1/t1-,2-;;;;;/m1...../s1. The number of hydrogen-bond acceptors (Lipinski definition) is 4. The molecule has 0 saturated heterocycles. The first-order valence-corrected chi connectivity index (χ1v) is 2.28. The topological polar surface area (TPSA) is 115 Å². The van der Waals surface area contributed by atoms with E-state index in [2.05, 4.69) is 0 Å². The van der Waals surface area contributed by atoms with Gasteiger partial charge in [-0.3, -0.25) is 0 Å². The molecule has 12 heavy (non-hydrogen) atoms. The fraction of sp³-hybridized carbons (Fsp3) is 0.500. The van der Waals surface area contributed by atoms with Gasteiger partial charge in [0.25, 0.3) is 0 Å². The van der Waals surface area contributed by atoms with Crippen molar-refractivity contribution in [2.75, 3.05) is 0 Å². The molecule has 0 aromatic carbocycles. The van der Waals surface area contributed by atoms with Crippen LogP contribution in [0, 0.1) is 0 Å². The summed E-state index contributed by atoms with van der Waals surface area (Å²) >= 11 is 0. The predicted octanol–water partition coefficient (Wildman–Crippen LogP) is -5.92. The first-order valence-electron chi connectivity index (χ1n) is 2.28. The van der Waals surface area contributed by atoms with Crippen LogP contribution in [-0.2, 0) is 9.59 Å². The van der Waals surface area contributed by atoms with Crippen LogP contribution in [-0.4, -0.2) is 71.9 Å². The molecule has 0 spiro atoms. The Bertz CT molecular complexity index is 149. The third kappa shape index (κ3) is 6.88. The molecule has 2 atom stereocenters. The van der Waals surface area contributed by atoms with Crippen molar-refractivity contribution in [3.05, 3.63) is 0 Å². The Labute approximate surface area is 132 Å². The van der Waals surface area contributed by atoms with E-state index in [9.17, 15) is 9.59 Å². The average molecular weight is 399 g/mol. The molecule has 66 valence electrons. The summed E-state index contributed by atoms with van der Waals surface area (Å²) in [5, 5.41) is 32.5. The number of hydrogen-bond donors (Lipinski definition) is 4. The van der Waals surface area contributed by atoms with Gasteiger partial charge in [0.05, 0.1) is 0 Å². The summed E-state index contributed by atoms with van der Waals surface area (Å²) in [5.74, 6) is -3.54. The third-order valence-electron chi connectivity index (χ3n) is 0.805. The molecule has 2 radical (unpaired) electrons. The van der Waals surface area contributed by atoms with Gasteiger partial charge >= 0.3 is 90.6 Å². The summed E-state index contributed by atoms with van der Waals surface area (Å²) in [6.45, 7) is 0. The maximum absolute atomic E-state index is 9.77. The molecule has 8 heteroatoms. The summed E-state index contributed by atoms with van der Waals surface area (Å²) in [7, 11) is 0. The van der Waals surface area contributed by atoms with E-state index >= 15 is 0 Å². The van der Waals surface area contributed by atoms with Crippen LogP contribution in [0.2, 0.25) is 0 Å². The van der Waals surface area contributed by atoms with Crippen molar-refractivity contribution in [3.63, 3.8) is 0 Å². The Hall–Kier alpha value is 1.42. The molecule has 0 bridgehead atoms. The summed E-state index contributed by atoms with van der Waals surface area (Å²) in [6.07, 6.45) is -4.53. The Balaban J connectivity index is -0.000000135. The van der Waals surface area contributed by atoms with Crippen molar-refractivity contribution in [1.82, 2.24) is 0 Å². The molecule has 0 saturated carbocycles. The van der Waals surface area contributed by atoms with Crippen molar-refractivity contribution in [2.45, 2.75) is 12.2 Å². The molecule has 0 aliphatic rings. The molecule has 0 aromatic heterocycles. The van der Waals surface area contributed by atoms with Crippen molar-refractivity contribution >= 4 is 39.2 Å². The van der Waals surface area contributed by atoms with Crippen LogP contribution < -0.4 is 51.4 Å². The van der Waals surface area contributed by atoms with E-state index in [4.69, 9.17) is 20.4 Å². The van der Waals surface area contributed by atoms with Crippen LogP contribution >= 0.6 is 0 Å². The number of carboxylic acid groups (broad SMARTS) is 2. The second-order valence-corrected chi connectivity index (χ2v) is 1.57. The summed E-state index contributed by atoms with van der Waals surface area (Å²) in [5.41, 5.74) is 0. The van der Waals surface area contributed by atoms with E-state index in [0.29, 0.717) is 0 Å². The first-order chi connectivity index (χ1) is 4.46. The van der Waals surface area contributed by atoms with Crippen molar-refractivity contribution in [3.8, 4) is 0 Å². The maximum atomic E-state index is 9.77. The van der Waals surface area contributed by atoms with Crippen LogP contribution in [0.15, 0.2) is 0 Å². The molecule has 0 aromatic rings. The third-order valence-corrected chi connectivity index (χ3v) is 0.805. The van der Waals surface area contributed by atoms with Gasteiger partial charge < -0.3 is 21.9 Å². The van der Waals surface area contributed by atoms with Crippen LogP contribution in [0.1, 0.15) is 1.43 Å². The molecule has 0 rings (SSSR count). The summed E-state index contributed by atoms with van der Waals surface area (Å²) < 4.78 is 0. The first kappa shape index (κ1) is 19.1. The fourth-order valence-corrected chi connectivity index (χ4v) is 0.270.